The van der Waals surface area contributed by atoms with Crippen molar-refractivity contribution in [1.82, 2.24) is 20.5 Å². The molecule has 1 atom stereocenters. The molecule has 2 fully saturated rings. The standard InChI is InChI=1S/C23H37N5O2/c1-4-24-23(27-19-12-13-28(16-19)22(29)17(2)3)26-15-18-10-11-21(25-14-18)30-20-8-6-5-7-9-20/h10-11,14,17,19-20H,4-9,12-13,15-16H2,1-3H3,(H2,24,26,27). The molecule has 166 valence electrons. The van der Waals surface area contributed by atoms with Crippen LogP contribution >= 0.6 is 0 Å². The molecular weight excluding hydrogens is 378 g/mol. The molecule has 0 spiro atoms. The second kappa shape index (κ2) is 11.2. The first-order valence-corrected chi connectivity index (χ1v) is 11.5. The maximum absolute atomic E-state index is 12.2. The first kappa shape index (κ1) is 22.4. The Kier molecular flexibility index (Phi) is 8.34. The molecular formula is C23H37N5O2. The van der Waals surface area contributed by atoms with E-state index in [9.17, 15) is 4.79 Å². The lowest BCUT2D eigenvalue weighted by atomic mass is 9.98. The van der Waals surface area contributed by atoms with Crippen molar-refractivity contribution in [2.75, 3.05) is 19.6 Å². The predicted octanol–water partition coefficient (Wildman–Crippen LogP) is 3.11. The van der Waals surface area contributed by atoms with Crippen molar-refractivity contribution in [3.05, 3.63) is 23.9 Å². The predicted molar refractivity (Wildman–Crippen MR) is 120 cm³/mol. The maximum Gasteiger partial charge on any atom is 0.225 e. The van der Waals surface area contributed by atoms with E-state index in [0.29, 0.717) is 18.5 Å². The van der Waals surface area contributed by atoms with Crippen molar-refractivity contribution < 1.29 is 9.53 Å². The zero-order valence-corrected chi connectivity index (χ0v) is 18.7. The Morgan fingerprint density at radius 3 is 2.73 bits per heavy atom. The van der Waals surface area contributed by atoms with Gasteiger partial charge in [-0.05, 0) is 44.6 Å². The van der Waals surface area contributed by atoms with Gasteiger partial charge in [0.2, 0.25) is 11.8 Å². The second-order valence-corrected chi connectivity index (χ2v) is 8.65. The fourth-order valence-corrected chi connectivity index (χ4v) is 4.06. The van der Waals surface area contributed by atoms with E-state index in [0.717, 1.165) is 50.4 Å². The summed E-state index contributed by atoms with van der Waals surface area (Å²) in [6.07, 6.45) is 9.19. The molecule has 2 aliphatic rings. The Balaban J connectivity index is 1.51. The molecule has 0 bridgehead atoms. The van der Waals surface area contributed by atoms with Gasteiger partial charge in [-0.25, -0.2) is 9.98 Å². The molecule has 1 aromatic rings. The number of nitrogens with one attached hydrogen (secondary N) is 2. The number of nitrogens with zero attached hydrogens (tertiary/aromatic N) is 3. The number of aliphatic imine (C=N–C) groups is 1. The fraction of sp³-hybridized carbons (Fsp3) is 0.696. The maximum atomic E-state index is 12.2. The van der Waals surface area contributed by atoms with E-state index < -0.39 is 0 Å². The number of aromatic nitrogens is 1. The van der Waals surface area contributed by atoms with Crippen molar-refractivity contribution in [3.8, 4) is 5.88 Å². The first-order chi connectivity index (χ1) is 14.5. The summed E-state index contributed by atoms with van der Waals surface area (Å²) >= 11 is 0. The molecule has 7 nitrogen and oxygen atoms in total. The SMILES string of the molecule is CCNC(=NCc1ccc(OC2CCCCC2)nc1)NC1CCN(C(=O)C(C)C)C1. The third-order valence-electron chi connectivity index (χ3n) is 5.74. The average molecular weight is 416 g/mol. The van der Waals surface area contributed by atoms with Crippen LogP contribution < -0.4 is 15.4 Å². The number of guanidine groups is 1. The van der Waals surface area contributed by atoms with Crippen LogP contribution in [0.25, 0.3) is 0 Å². The summed E-state index contributed by atoms with van der Waals surface area (Å²) in [5.41, 5.74) is 1.05. The van der Waals surface area contributed by atoms with Crippen molar-refractivity contribution in [2.24, 2.45) is 10.9 Å². The molecule has 1 aromatic heterocycles. The summed E-state index contributed by atoms with van der Waals surface area (Å²) < 4.78 is 6.01. The van der Waals surface area contributed by atoms with Crippen LogP contribution in [0.1, 0.15) is 64.9 Å². The van der Waals surface area contributed by atoms with Gasteiger partial charge in [0.1, 0.15) is 6.10 Å². The Bertz CT molecular complexity index is 698. The summed E-state index contributed by atoms with van der Waals surface area (Å²) in [4.78, 5) is 23.3. The van der Waals surface area contributed by atoms with Gasteiger partial charge in [0.05, 0.1) is 6.54 Å². The Labute approximate surface area is 180 Å². The number of hydrogen-bond acceptors (Lipinski definition) is 4. The minimum Gasteiger partial charge on any atom is -0.474 e. The van der Waals surface area contributed by atoms with Gasteiger partial charge in [-0.15, -0.1) is 0 Å². The fourth-order valence-electron chi connectivity index (χ4n) is 4.06. The second-order valence-electron chi connectivity index (χ2n) is 8.65. The van der Waals surface area contributed by atoms with E-state index in [2.05, 4.69) is 22.5 Å². The normalized spacial score (nSPS) is 20.5. The number of likely N-dealkylation sites (tertiary alicyclic amines) is 1. The minimum absolute atomic E-state index is 0.0446. The van der Waals surface area contributed by atoms with Crippen molar-refractivity contribution in [3.63, 3.8) is 0 Å². The van der Waals surface area contributed by atoms with Crippen LogP contribution in [0.4, 0.5) is 0 Å². The molecule has 2 heterocycles. The largest absolute Gasteiger partial charge is 0.474 e. The highest BCUT2D eigenvalue weighted by molar-refractivity contribution is 5.81. The molecule has 1 saturated carbocycles. The van der Waals surface area contributed by atoms with Crippen molar-refractivity contribution in [1.29, 1.82) is 0 Å². The third-order valence-corrected chi connectivity index (χ3v) is 5.74. The van der Waals surface area contributed by atoms with Crippen LogP contribution in [-0.2, 0) is 11.3 Å². The number of hydrogen-bond donors (Lipinski definition) is 2. The number of carbonyl (C=O) groups excluding carboxylic acids is 1. The zero-order chi connectivity index (χ0) is 21.3. The van der Waals surface area contributed by atoms with Crippen molar-refractivity contribution >= 4 is 11.9 Å². The van der Waals surface area contributed by atoms with Crippen LogP contribution in [0.15, 0.2) is 23.3 Å². The topological polar surface area (TPSA) is 78.9 Å². The number of ether oxygens (including phenoxy) is 1. The van der Waals surface area contributed by atoms with Gasteiger partial charge in [-0.3, -0.25) is 4.79 Å². The highest BCUT2D eigenvalue weighted by Crippen LogP contribution is 2.22. The van der Waals surface area contributed by atoms with Crippen LogP contribution in [0.5, 0.6) is 5.88 Å². The molecule has 1 unspecified atom stereocenters. The summed E-state index contributed by atoms with van der Waals surface area (Å²) in [5.74, 6) is 1.76. The molecule has 1 aliphatic heterocycles. The molecule has 3 rings (SSSR count). The molecule has 30 heavy (non-hydrogen) atoms. The number of rotatable bonds is 7. The highest BCUT2D eigenvalue weighted by Gasteiger charge is 2.27. The van der Waals surface area contributed by atoms with Gasteiger partial charge >= 0.3 is 0 Å². The number of pyridine rings is 1. The van der Waals surface area contributed by atoms with Gasteiger partial charge < -0.3 is 20.3 Å². The van der Waals surface area contributed by atoms with E-state index in [1.807, 2.05) is 37.1 Å². The van der Waals surface area contributed by atoms with Crippen molar-refractivity contribution in [2.45, 2.75) is 78.0 Å². The van der Waals surface area contributed by atoms with E-state index in [1.54, 1.807) is 0 Å². The quantitative estimate of drug-likeness (QED) is 0.528. The summed E-state index contributed by atoms with van der Waals surface area (Å²) in [6, 6.07) is 4.22. The molecule has 7 heteroatoms. The summed E-state index contributed by atoms with van der Waals surface area (Å²) in [7, 11) is 0. The smallest absolute Gasteiger partial charge is 0.225 e. The van der Waals surface area contributed by atoms with E-state index >= 15 is 0 Å². The minimum atomic E-state index is 0.0446. The van der Waals surface area contributed by atoms with Gasteiger partial charge in [0, 0.05) is 43.9 Å². The monoisotopic (exact) mass is 415 g/mol. The Morgan fingerprint density at radius 1 is 1.27 bits per heavy atom. The lowest BCUT2D eigenvalue weighted by Gasteiger charge is -2.22. The Morgan fingerprint density at radius 2 is 2.07 bits per heavy atom. The Hall–Kier alpha value is -2.31. The molecule has 1 saturated heterocycles. The zero-order valence-electron chi connectivity index (χ0n) is 18.7. The summed E-state index contributed by atoms with van der Waals surface area (Å²) in [6.45, 7) is 8.84. The van der Waals surface area contributed by atoms with Crippen LogP contribution in [-0.4, -0.2) is 53.5 Å². The average Bonchev–Trinajstić information content (AvgIpc) is 3.22. The summed E-state index contributed by atoms with van der Waals surface area (Å²) in [5, 5.41) is 6.78. The number of carbonyl (C=O) groups is 1. The van der Waals surface area contributed by atoms with E-state index in [1.165, 1.54) is 19.3 Å². The van der Waals surface area contributed by atoms with Gasteiger partial charge in [-0.1, -0.05) is 26.3 Å². The molecule has 2 N–H and O–H groups in total. The van der Waals surface area contributed by atoms with E-state index in [4.69, 9.17) is 9.73 Å². The van der Waals surface area contributed by atoms with Gasteiger partial charge in [-0.2, -0.15) is 0 Å². The first-order valence-electron chi connectivity index (χ1n) is 11.5. The number of amides is 1. The van der Waals surface area contributed by atoms with Crippen LogP contribution in [0.2, 0.25) is 0 Å². The highest BCUT2D eigenvalue weighted by atomic mass is 16.5. The molecule has 1 amide bonds. The molecule has 0 aromatic carbocycles. The third kappa shape index (κ3) is 6.61. The lowest BCUT2D eigenvalue weighted by Crippen LogP contribution is -2.45. The molecule has 1 aliphatic carbocycles. The molecule has 0 radical (unpaired) electrons. The lowest BCUT2D eigenvalue weighted by molar-refractivity contribution is -0.133. The van der Waals surface area contributed by atoms with Gasteiger partial charge in [0.15, 0.2) is 5.96 Å². The van der Waals surface area contributed by atoms with Crippen LogP contribution in [0.3, 0.4) is 0 Å². The van der Waals surface area contributed by atoms with Gasteiger partial charge in [0.25, 0.3) is 0 Å². The van der Waals surface area contributed by atoms with Crippen LogP contribution in [0, 0.1) is 5.92 Å². The van der Waals surface area contributed by atoms with E-state index in [-0.39, 0.29) is 17.9 Å².